The summed E-state index contributed by atoms with van der Waals surface area (Å²) >= 11 is 0. The minimum atomic E-state index is -4.41. The maximum absolute atomic E-state index is 12.8. The summed E-state index contributed by atoms with van der Waals surface area (Å²) in [6.07, 6.45) is -4.41. The third-order valence-corrected chi connectivity index (χ3v) is 4.05. The summed E-state index contributed by atoms with van der Waals surface area (Å²) in [5.74, 6) is -0.660. The number of fused-ring (bicyclic) bond motifs is 1. The van der Waals surface area contributed by atoms with Gasteiger partial charge in [-0.05, 0) is 42.8 Å². The van der Waals surface area contributed by atoms with E-state index >= 15 is 0 Å². The van der Waals surface area contributed by atoms with Crippen molar-refractivity contribution in [1.29, 1.82) is 0 Å². The summed E-state index contributed by atoms with van der Waals surface area (Å²) in [6.45, 7) is 1.11. The molecule has 0 aliphatic carbocycles. The van der Waals surface area contributed by atoms with Crippen LogP contribution >= 0.6 is 0 Å². The second-order valence-corrected chi connectivity index (χ2v) is 5.93. The molecule has 1 heterocycles. The first-order chi connectivity index (χ1) is 12.3. The zero-order chi connectivity index (χ0) is 18.9. The first-order valence-corrected chi connectivity index (χ1v) is 7.86. The first-order valence-electron chi connectivity index (χ1n) is 7.86. The van der Waals surface area contributed by atoms with Crippen molar-refractivity contribution >= 4 is 28.9 Å². The Balaban J connectivity index is 1.72. The predicted octanol–water partition coefficient (Wildman–Crippen LogP) is 3.41. The number of rotatable bonds is 3. The van der Waals surface area contributed by atoms with E-state index in [1.165, 1.54) is 24.0 Å². The monoisotopic (exact) mass is 363 g/mol. The van der Waals surface area contributed by atoms with Crippen molar-refractivity contribution in [1.82, 2.24) is 0 Å². The van der Waals surface area contributed by atoms with Gasteiger partial charge in [-0.3, -0.25) is 14.5 Å². The van der Waals surface area contributed by atoms with E-state index in [0.717, 1.165) is 6.07 Å². The molecule has 2 aromatic rings. The molecule has 26 heavy (non-hydrogen) atoms. The molecule has 0 bridgehead atoms. The van der Waals surface area contributed by atoms with Crippen molar-refractivity contribution in [3.8, 4) is 0 Å². The van der Waals surface area contributed by atoms with Gasteiger partial charge in [-0.2, -0.15) is 13.2 Å². The SMILES string of the molecule is Cc1cc(NCC(=O)N2CC(=O)Nc3ccccc32)ccc1C(F)(F)F. The van der Waals surface area contributed by atoms with Crippen LogP contribution in [-0.4, -0.2) is 24.9 Å². The molecule has 2 N–H and O–H groups in total. The molecule has 5 nitrogen and oxygen atoms in total. The molecule has 2 aromatic carbocycles. The van der Waals surface area contributed by atoms with Gasteiger partial charge in [0.05, 0.1) is 23.5 Å². The van der Waals surface area contributed by atoms with Crippen molar-refractivity contribution in [2.75, 3.05) is 28.6 Å². The second kappa shape index (κ2) is 6.70. The van der Waals surface area contributed by atoms with E-state index in [2.05, 4.69) is 10.6 Å². The number of carbonyl (C=O) groups excluding carboxylic acids is 2. The standard InChI is InChI=1S/C18H16F3N3O2/c1-11-8-12(6-7-13(11)18(19,20)21)22-9-17(26)24-10-16(25)23-14-4-2-3-5-15(14)24/h2-8,22H,9-10H2,1H3,(H,23,25). The lowest BCUT2D eigenvalue weighted by molar-refractivity contribution is -0.138. The Morgan fingerprint density at radius 3 is 2.65 bits per heavy atom. The topological polar surface area (TPSA) is 61.4 Å². The van der Waals surface area contributed by atoms with Crippen LogP contribution in [0, 0.1) is 6.92 Å². The summed E-state index contributed by atoms with van der Waals surface area (Å²) in [4.78, 5) is 25.6. The van der Waals surface area contributed by atoms with Crippen LogP contribution in [0.3, 0.4) is 0 Å². The van der Waals surface area contributed by atoms with E-state index < -0.39 is 11.7 Å². The minimum Gasteiger partial charge on any atom is -0.376 e. The fourth-order valence-corrected chi connectivity index (χ4v) is 2.82. The number of halogens is 3. The molecule has 0 spiro atoms. The van der Waals surface area contributed by atoms with Crippen molar-refractivity contribution in [3.05, 3.63) is 53.6 Å². The highest BCUT2D eigenvalue weighted by molar-refractivity contribution is 6.10. The van der Waals surface area contributed by atoms with Crippen molar-refractivity contribution in [3.63, 3.8) is 0 Å². The lowest BCUT2D eigenvalue weighted by Crippen LogP contribution is -2.44. The number of carbonyl (C=O) groups is 2. The quantitative estimate of drug-likeness (QED) is 0.879. The number of benzene rings is 2. The average molecular weight is 363 g/mol. The Morgan fingerprint density at radius 2 is 1.96 bits per heavy atom. The Hall–Kier alpha value is -3.03. The van der Waals surface area contributed by atoms with E-state index in [0.29, 0.717) is 17.1 Å². The molecule has 136 valence electrons. The van der Waals surface area contributed by atoms with Gasteiger partial charge in [0.15, 0.2) is 0 Å². The number of nitrogens with one attached hydrogen (secondary N) is 2. The summed E-state index contributed by atoms with van der Waals surface area (Å²) in [7, 11) is 0. The van der Waals surface area contributed by atoms with E-state index in [9.17, 15) is 22.8 Å². The molecule has 1 aliphatic rings. The predicted molar refractivity (Wildman–Crippen MR) is 92.1 cm³/mol. The number of hydrogen-bond acceptors (Lipinski definition) is 3. The number of para-hydroxylation sites is 2. The molecule has 0 fully saturated rings. The van der Waals surface area contributed by atoms with Crippen LogP contribution in [0.1, 0.15) is 11.1 Å². The first kappa shape index (κ1) is 17.8. The molecule has 0 radical (unpaired) electrons. The van der Waals surface area contributed by atoms with Gasteiger partial charge in [0.1, 0.15) is 6.54 Å². The third kappa shape index (κ3) is 3.63. The highest BCUT2D eigenvalue weighted by Crippen LogP contribution is 2.33. The van der Waals surface area contributed by atoms with E-state index in [1.54, 1.807) is 24.3 Å². The van der Waals surface area contributed by atoms with Gasteiger partial charge >= 0.3 is 6.18 Å². The lowest BCUT2D eigenvalue weighted by atomic mass is 10.1. The number of alkyl halides is 3. The molecule has 0 saturated heterocycles. The molecular weight excluding hydrogens is 347 g/mol. The maximum atomic E-state index is 12.8. The van der Waals surface area contributed by atoms with Gasteiger partial charge in [-0.15, -0.1) is 0 Å². The van der Waals surface area contributed by atoms with Crippen LogP contribution in [0.4, 0.5) is 30.2 Å². The summed E-state index contributed by atoms with van der Waals surface area (Å²) in [5, 5.41) is 5.50. The number of amides is 2. The number of hydrogen-bond donors (Lipinski definition) is 2. The van der Waals surface area contributed by atoms with Gasteiger partial charge in [-0.1, -0.05) is 12.1 Å². The summed E-state index contributed by atoms with van der Waals surface area (Å²) < 4.78 is 38.4. The van der Waals surface area contributed by atoms with Crippen LogP contribution in [0.2, 0.25) is 0 Å². The molecule has 0 atom stereocenters. The van der Waals surface area contributed by atoms with Gasteiger partial charge < -0.3 is 10.6 Å². The van der Waals surface area contributed by atoms with Gasteiger partial charge in [-0.25, -0.2) is 0 Å². The normalized spacial score (nSPS) is 13.8. The van der Waals surface area contributed by atoms with E-state index in [4.69, 9.17) is 0 Å². The van der Waals surface area contributed by atoms with Crippen LogP contribution < -0.4 is 15.5 Å². The van der Waals surface area contributed by atoms with Crippen LogP contribution in [0.15, 0.2) is 42.5 Å². The second-order valence-electron chi connectivity index (χ2n) is 5.93. The fraction of sp³-hybridized carbons (Fsp3) is 0.222. The largest absolute Gasteiger partial charge is 0.416 e. The Labute approximate surface area is 147 Å². The van der Waals surface area contributed by atoms with Crippen molar-refractivity contribution < 1.29 is 22.8 Å². The Morgan fingerprint density at radius 1 is 1.23 bits per heavy atom. The maximum Gasteiger partial charge on any atom is 0.416 e. The van der Waals surface area contributed by atoms with E-state index in [-0.39, 0.29) is 30.5 Å². The average Bonchev–Trinajstić information content (AvgIpc) is 2.57. The Bertz CT molecular complexity index is 865. The fourth-order valence-electron chi connectivity index (χ4n) is 2.82. The van der Waals surface area contributed by atoms with Gasteiger partial charge in [0.2, 0.25) is 11.8 Å². The molecule has 0 saturated carbocycles. The molecule has 0 aromatic heterocycles. The summed E-state index contributed by atoms with van der Waals surface area (Å²) in [5.41, 5.74) is 0.886. The highest BCUT2D eigenvalue weighted by Gasteiger charge is 2.32. The zero-order valence-corrected chi connectivity index (χ0v) is 13.9. The summed E-state index contributed by atoms with van der Waals surface area (Å²) in [6, 6.07) is 10.5. The zero-order valence-electron chi connectivity index (χ0n) is 13.9. The Kier molecular flexibility index (Phi) is 4.58. The number of anilines is 3. The molecule has 3 rings (SSSR count). The lowest BCUT2D eigenvalue weighted by Gasteiger charge is -2.29. The minimum absolute atomic E-state index is 0.0673. The van der Waals surface area contributed by atoms with Crippen LogP contribution in [0.25, 0.3) is 0 Å². The third-order valence-electron chi connectivity index (χ3n) is 4.05. The molecule has 0 unspecified atom stereocenters. The van der Waals surface area contributed by atoms with Crippen LogP contribution in [0.5, 0.6) is 0 Å². The molecular formula is C18H16F3N3O2. The smallest absolute Gasteiger partial charge is 0.376 e. The van der Waals surface area contributed by atoms with Crippen molar-refractivity contribution in [2.24, 2.45) is 0 Å². The molecule has 8 heteroatoms. The van der Waals surface area contributed by atoms with Gasteiger partial charge in [0.25, 0.3) is 0 Å². The van der Waals surface area contributed by atoms with E-state index in [1.807, 2.05) is 0 Å². The molecule has 1 aliphatic heterocycles. The number of nitrogens with zero attached hydrogens (tertiary/aromatic N) is 1. The number of aryl methyl sites for hydroxylation is 1. The van der Waals surface area contributed by atoms with Crippen molar-refractivity contribution in [2.45, 2.75) is 13.1 Å². The molecule has 2 amide bonds. The van der Waals surface area contributed by atoms with Crippen LogP contribution in [-0.2, 0) is 15.8 Å². The van der Waals surface area contributed by atoms with Gasteiger partial charge in [0, 0.05) is 5.69 Å². The highest BCUT2D eigenvalue weighted by atomic mass is 19.4.